The van der Waals surface area contributed by atoms with Crippen molar-refractivity contribution in [3.8, 4) is 0 Å². The van der Waals surface area contributed by atoms with Crippen LogP contribution in [0, 0.1) is 0 Å². The second kappa shape index (κ2) is 10.7. The third-order valence-electron chi connectivity index (χ3n) is 4.76. The second-order valence-corrected chi connectivity index (χ2v) is 6.35. The Hall–Kier alpha value is -0.0800. The Morgan fingerprint density at radius 1 is 0.789 bits per heavy atom. The minimum absolute atomic E-state index is 1.19. The molecule has 1 aliphatic rings. The van der Waals surface area contributed by atoms with Gasteiger partial charge in [-0.15, -0.1) is 0 Å². The van der Waals surface area contributed by atoms with Crippen molar-refractivity contribution in [1.82, 2.24) is 5.43 Å². The molecule has 1 N–H and O–H groups in total. The normalized spacial score (nSPS) is 23.1. The van der Waals surface area contributed by atoms with Gasteiger partial charge in [0, 0.05) is 13.0 Å². The molecule has 0 radical (unpaired) electrons. The molecule has 1 heterocycles. The van der Waals surface area contributed by atoms with Gasteiger partial charge in [0.25, 0.3) is 0 Å². The molecule has 1 unspecified atom stereocenters. The third kappa shape index (κ3) is 7.31. The number of nitrogens with zero attached hydrogens (tertiary/aromatic N) is 1. The second-order valence-electron chi connectivity index (χ2n) is 6.35. The van der Waals surface area contributed by atoms with Gasteiger partial charge in [-0.1, -0.05) is 58.3 Å². The van der Waals surface area contributed by atoms with Crippen LogP contribution in [-0.4, -0.2) is 30.8 Å². The Morgan fingerprint density at radius 3 is 1.84 bits per heavy atom. The molecule has 1 atom stereocenters. The van der Waals surface area contributed by atoms with Gasteiger partial charge in [0.1, 0.15) is 0 Å². The molecule has 0 aromatic rings. The molecule has 1 aliphatic heterocycles. The smallest absolute Gasteiger partial charge is 0.0976 e. The van der Waals surface area contributed by atoms with Crippen LogP contribution < -0.4 is 5.43 Å². The lowest BCUT2D eigenvalue weighted by Crippen LogP contribution is -2.53. The zero-order valence-corrected chi connectivity index (χ0v) is 13.6. The molecule has 19 heavy (non-hydrogen) atoms. The first kappa shape index (κ1) is 17.0. The summed E-state index contributed by atoms with van der Waals surface area (Å²) in [4.78, 5) is 0. The molecule has 0 spiro atoms. The average Bonchev–Trinajstić information content (AvgIpc) is 2.90. The van der Waals surface area contributed by atoms with Gasteiger partial charge < -0.3 is 0 Å². The first-order valence-corrected chi connectivity index (χ1v) is 8.94. The van der Waals surface area contributed by atoms with Crippen molar-refractivity contribution in [2.75, 3.05) is 26.2 Å². The Kier molecular flexibility index (Phi) is 9.54. The lowest BCUT2D eigenvalue weighted by Gasteiger charge is -2.31. The summed E-state index contributed by atoms with van der Waals surface area (Å²) in [5.74, 6) is 0. The van der Waals surface area contributed by atoms with Crippen LogP contribution in [0.4, 0.5) is 0 Å². The number of hydrogen-bond donors (Lipinski definition) is 1. The fraction of sp³-hybridized carbons (Fsp3) is 1.00. The molecular formula is C17H37N2+. The van der Waals surface area contributed by atoms with Crippen molar-refractivity contribution in [3.63, 3.8) is 0 Å². The topological polar surface area (TPSA) is 12.0 Å². The lowest BCUT2D eigenvalue weighted by atomic mass is 10.1. The van der Waals surface area contributed by atoms with Gasteiger partial charge in [-0.05, 0) is 19.8 Å². The first-order chi connectivity index (χ1) is 9.33. The number of quaternary nitrogens is 1. The predicted molar refractivity (Wildman–Crippen MR) is 85.0 cm³/mol. The molecule has 0 aliphatic carbocycles. The maximum Gasteiger partial charge on any atom is 0.0976 e. The van der Waals surface area contributed by atoms with E-state index in [0.717, 1.165) is 0 Å². The molecule has 0 aromatic heterocycles. The fourth-order valence-corrected chi connectivity index (χ4v) is 3.30. The average molecular weight is 269 g/mol. The number of unbranched alkanes of at least 4 members (excludes halogenated alkanes) is 9. The van der Waals surface area contributed by atoms with Crippen molar-refractivity contribution in [3.05, 3.63) is 0 Å². The molecule has 114 valence electrons. The molecule has 1 rings (SSSR count). The summed E-state index contributed by atoms with van der Waals surface area (Å²) in [5.41, 5.74) is 3.69. The summed E-state index contributed by atoms with van der Waals surface area (Å²) in [5, 5.41) is 0. The summed E-state index contributed by atoms with van der Waals surface area (Å²) < 4.78 is 1.19. The maximum atomic E-state index is 3.69. The van der Waals surface area contributed by atoms with Crippen LogP contribution >= 0.6 is 0 Å². The monoisotopic (exact) mass is 269 g/mol. The first-order valence-electron chi connectivity index (χ1n) is 8.94. The Labute approximate surface area is 121 Å². The van der Waals surface area contributed by atoms with Crippen LogP contribution in [0.2, 0.25) is 0 Å². The Balaban J connectivity index is 1.85. The fourth-order valence-electron chi connectivity index (χ4n) is 3.30. The van der Waals surface area contributed by atoms with Gasteiger partial charge in [-0.2, -0.15) is 5.43 Å². The number of hydrogen-bond acceptors (Lipinski definition) is 1. The highest BCUT2D eigenvalue weighted by atomic mass is 15.7. The van der Waals surface area contributed by atoms with Gasteiger partial charge in [-0.3, -0.25) is 0 Å². The summed E-state index contributed by atoms with van der Waals surface area (Å²) in [6, 6.07) is 0. The summed E-state index contributed by atoms with van der Waals surface area (Å²) in [6.45, 7) is 9.82. The standard InChI is InChI=1S/C17H37N2/c1-3-5-6-7-8-9-10-11-12-13-16-19(4-2)17-14-15-18-19/h18H,3-17H2,1-2H3/q+1. The lowest BCUT2D eigenvalue weighted by molar-refractivity contribution is -0.956. The van der Waals surface area contributed by atoms with Crippen LogP contribution in [0.15, 0.2) is 0 Å². The van der Waals surface area contributed by atoms with Gasteiger partial charge in [0.05, 0.1) is 19.6 Å². The zero-order chi connectivity index (χ0) is 13.8. The molecule has 1 fully saturated rings. The van der Waals surface area contributed by atoms with E-state index < -0.39 is 0 Å². The highest BCUT2D eigenvalue weighted by molar-refractivity contribution is 4.52. The number of rotatable bonds is 12. The van der Waals surface area contributed by atoms with Crippen LogP contribution in [0.5, 0.6) is 0 Å². The van der Waals surface area contributed by atoms with Crippen molar-refractivity contribution in [2.45, 2.75) is 84.5 Å². The van der Waals surface area contributed by atoms with Crippen molar-refractivity contribution >= 4 is 0 Å². The molecule has 0 saturated carbocycles. The Morgan fingerprint density at radius 2 is 1.37 bits per heavy atom. The minimum Gasteiger partial charge on any atom is -0.246 e. The van der Waals surface area contributed by atoms with Gasteiger partial charge in [-0.25, -0.2) is 4.59 Å². The predicted octanol–water partition coefficient (Wildman–Crippen LogP) is 4.65. The van der Waals surface area contributed by atoms with Crippen LogP contribution in [0.25, 0.3) is 0 Å². The van der Waals surface area contributed by atoms with Crippen molar-refractivity contribution < 1.29 is 4.59 Å². The largest absolute Gasteiger partial charge is 0.246 e. The molecule has 0 amide bonds. The minimum atomic E-state index is 1.19. The van der Waals surface area contributed by atoms with Crippen LogP contribution in [0.3, 0.4) is 0 Å². The van der Waals surface area contributed by atoms with Crippen LogP contribution in [0.1, 0.15) is 84.5 Å². The zero-order valence-electron chi connectivity index (χ0n) is 13.6. The van der Waals surface area contributed by atoms with E-state index in [4.69, 9.17) is 0 Å². The van der Waals surface area contributed by atoms with E-state index in [-0.39, 0.29) is 0 Å². The van der Waals surface area contributed by atoms with Crippen LogP contribution in [-0.2, 0) is 0 Å². The summed E-state index contributed by atoms with van der Waals surface area (Å²) >= 11 is 0. The van der Waals surface area contributed by atoms with Gasteiger partial charge in [0.2, 0.25) is 0 Å². The van der Waals surface area contributed by atoms with Crippen molar-refractivity contribution in [2.24, 2.45) is 0 Å². The highest BCUT2D eigenvalue weighted by Crippen LogP contribution is 2.14. The van der Waals surface area contributed by atoms with E-state index in [0.29, 0.717) is 0 Å². The molecule has 2 heteroatoms. The third-order valence-corrected chi connectivity index (χ3v) is 4.76. The van der Waals surface area contributed by atoms with Crippen molar-refractivity contribution in [1.29, 1.82) is 0 Å². The SMILES string of the molecule is CCCCCCCCCCCC[N+]1(CC)CCCN1. The summed E-state index contributed by atoms with van der Waals surface area (Å²) in [6.07, 6.45) is 15.8. The van der Waals surface area contributed by atoms with E-state index >= 15 is 0 Å². The number of nitrogens with one attached hydrogen (secondary N) is 1. The van der Waals surface area contributed by atoms with E-state index in [1.54, 1.807) is 0 Å². The quantitative estimate of drug-likeness (QED) is 0.401. The van der Waals surface area contributed by atoms with Gasteiger partial charge in [0.15, 0.2) is 0 Å². The maximum absolute atomic E-state index is 3.69. The molecule has 0 aromatic carbocycles. The molecule has 0 bridgehead atoms. The molecule has 2 nitrogen and oxygen atoms in total. The highest BCUT2D eigenvalue weighted by Gasteiger charge is 2.29. The van der Waals surface area contributed by atoms with E-state index in [9.17, 15) is 0 Å². The molecular weight excluding hydrogens is 232 g/mol. The van der Waals surface area contributed by atoms with E-state index in [1.807, 2.05) is 0 Å². The van der Waals surface area contributed by atoms with Gasteiger partial charge >= 0.3 is 0 Å². The molecule has 1 saturated heterocycles. The van der Waals surface area contributed by atoms with E-state index in [2.05, 4.69) is 19.3 Å². The van der Waals surface area contributed by atoms with E-state index in [1.165, 1.54) is 101 Å². The summed E-state index contributed by atoms with van der Waals surface area (Å²) in [7, 11) is 0. The Bertz CT molecular complexity index is 197.